The Morgan fingerprint density at radius 2 is 1.71 bits per heavy atom. The lowest BCUT2D eigenvalue weighted by Crippen LogP contribution is -2.29. The molecule has 0 rings (SSSR count). The second-order valence-electron chi connectivity index (χ2n) is 0.617. The maximum atomic E-state index is 4.49. The van der Waals surface area contributed by atoms with Gasteiger partial charge in [-0.1, -0.05) is 0 Å². The molecule has 6 nitrogen and oxygen atoms in total. The standard InChI is InChI=1S/CH7N3O3/c1-5-4(6-2)7-3/h2-3H2,1H3. The Labute approximate surface area is 40.3 Å². The van der Waals surface area contributed by atoms with Gasteiger partial charge in [0.1, 0.15) is 5.39 Å². The SMILES string of the molecule is CON(ON)ON. The van der Waals surface area contributed by atoms with Crippen LogP contribution < -0.4 is 11.8 Å². The Morgan fingerprint density at radius 3 is 1.71 bits per heavy atom. The average molecular weight is 109 g/mol. The van der Waals surface area contributed by atoms with Gasteiger partial charge in [0, 0.05) is 0 Å². The topological polar surface area (TPSA) is 83.0 Å². The first-order chi connectivity index (χ1) is 3.35. The van der Waals surface area contributed by atoms with E-state index in [1.807, 2.05) is 0 Å². The van der Waals surface area contributed by atoms with E-state index in [4.69, 9.17) is 0 Å². The molecule has 44 valence electrons. The van der Waals surface area contributed by atoms with Crippen LogP contribution in [0.15, 0.2) is 0 Å². The molecule has 0 saturated heterocycles. The highest BCUT2D eigenvalue weighted by molar-refractivity contribution is 3.64. The molecule has 0 saturated carbocycles. The summed E-state index contributed by atoms with van der Waals surface area (Å²) in [5.74, 6) is 8.98. The predicted octanol–water partition coefficient (Wildman–Crippen LogP) is -1.54. The van der Waals surface area contributed by atoms with Gasteiger partial charge in [-0.25, -0.2) is 0 Å². The monoisotopic (exact) mass is 109 g/mol. The number of hydrogen-bond acceptors (Lipinski definition) is 6. The third-order valence-electron chi connectivity index (χ3n) is 0.321. The van der Waals surface area contributed by atoms with Crippen LogP contribution in [0.25, 0.3) is 0 Å². The van der Waals surface area contributed by atoms with Crippen molar-refractivity contribution >= 4 is 0 Å². The molecular weight excluding hydrogens is 102 g/mol. The lowest BCUT2D eigenvalue weighted by molar-refractivity contribution is -0.524. The van der Waals surface area contributed by atoms with Crippen LogP contribution >= 0.6 is 0 Å². The van der Waals surface area contributed by atoms with E-state index in [1.165, 1.54) is 7.11 Å². The minimum atomic E-state index is 0.431. The van der Waals surface area contributed by atoms with Crippen molar-refractivity contribution in [1.29, 1.82) is 0 Å². The molecule has 0 aliphatic heterocycles. The summed E-state index contributed by atoms with van der Waals surface area (Å²) >= 11 is 0. The van der Waals surface area contributed by atoms with Gasteiger partial charge in [-0.05, 0) is 0 Å². The quantitative estimate of drug-likeness (QED) is 0.427. The van der Waals surface area contributed by atoms with Gasteiger partial charge in [-0.2, -0.15) is 21.7 Å². The van der Waals surface area contributed by atoms with E-state index in [0.29, 0.717) is 5.39 Å². The molecule has 0 heterocycles. The van der Waals surface area contributed by atoms with E-state index < -0.39 is 0 Å². The normalized spacial score (nSPS) is 10.3. The van der Waals surface area contributed by atoms with Crippen molar-refractivity contribution in [3.05, 3.63) is 0 Å². The highest BCUT2D eigenvalue weighted by Crippen LogP contribution is 1.78. The van der Waals surface area contributed by atoms with E-state index in [0.717, 1.165) is 0 Å². The average Bonchev–Trinajstić information content (AvgIpc) is 1.72. The van der Waals surface area contributed by atoms with Crippen molar-refractivity contribution in [3.63, 3.8) is 0 Å². The van der Waals surface area contributed by atoms with Gasteiger partial charge in [0.15, 0.2) is 0 Å². The van der Waals surface area contributed by atoms with Crippen molar-refractivity contribution in [1.82, 2.24) is 5.39 Å². The van der Waals surface area contributed by atoms with Crippen LogP contribution in [0, 0.1) is 0 Å². The Balaban J connectivity index is 2.99. The maximum Gasteiger partial charge on any atom is 0.112 e. The molecule has 0 fully saturated rings. The van der Waals surface area contributed by atoms with Crippen molar-refractivity contribution in [2.45, 2.75) is 0 Å². The van der Waals surface area contributed by atoms with Gasteiger partial charge in [-0.15, -0.1) is 0 Å². The smallest absolute Gasteiger partial charge is 0.112 e. The van der Waals surface area contributed by atoms with Crippen molar-refractivity contribution < 1.29 is 14.7 Å². The van der Waals surface area contributed by atoms with Crippen LogP contribution in [0.4, 0.5) is 0 Å². The minimum Gasteiger partial charge on any atom is -0.251 e. The molecule has 0 aromatic heterocycles. The zero-order chi connectivity index (χ0) is 5.70. The molecule has 0 aromatic carbocycles. The Hall–Kier alpha value is -0.240. The third-order valence-corrected chi connectivity index (χ3v) is 0.321. The van der Waals surface area contributed by atoms with E-state index >= 15 is 0 Å². The first kappa shape index (κ1) is 6.76. The summed E-state index contributed by atoms with van der Waals surface area (Å²) in [6.07, 6.45) is 0. The fraction of sp³-hybridized carbons (Fsp3) is 1.00. The Bertz CT molecular complexity index is 31.7. The van der Waals surface area contributed by atoms with Crippen LogP contribution in [-0.2, 0) is 14.7 Å². The molecule has 0 radical (unpaired) electrons. The second kappa shape index (κ2) is 3.93. The summed E-state index contributed by atoms with van der Waals surface area (Å²) in [5.41, 5.74) is 0. The molecular formula is CH7N3O3. The highest BCUT2D eigenvalue weighted by atomic mass is 17.2. The lowest BCUT2D eigenvalue weighted by Gasteiger charge is -2.07. The predicted molar refractivity (Wildman–Crippen MR) is 19.4 cm³/mol. The molecule has 0 amide bonds. The van der Waals surface area contributed by atoms with Gasteiger partial charge in [0.05, 0.1) is 7.11 Å². The fourth-order valence-corrected chi connectivity index (χ4v) is 0.111. The lowest BCUT2D eigenvalue weighted by atomic mass is 11.7. The summed E-state index contributed by atoms with van der Waals surface area (Å²) in [6.45, 7) is 0. The zero-order valence-electron chi connectivity index (χ0n) is 3.83. The summed E-state index contributed by atoms with van der Waals surface area (Å²) in [7, 11) is 1.28. The molecule has 0 aliphatic rings. The van der Waals surface area contributed by atoms with Gasteiger partial charge in [0.2, 0.25) is 0 Å². The number of nitrogens with zero attached hydrogens (tertiary/aromatic N) is 1. The molecule has 7 heavy (non-hydrogen) atoms. The molecule has 0 unspecified atom stereocenters. The third kappa shape index (κ3) is 2.45. The van der Waals surface area contributed by atoms with Gasteiger partial charge in [-0.3, -0.25) is 4.84 Å². The Kier molecular flexibility index (Phi) is 3.80. The molecule has 0 atom stereocenters. The van der Waals surface area contributed by atoms with Crippen LogP contribution in [-0.4, -0.2) is 12.5 Å². The van der Waals surface area contributed by atoms with Crippen LogP contribution in [0.2, 0.25) is 0 Å². The van der Waals surface area contributed by atoms with E-state index in [-0.39, 0.29) is 0 Å². The Morgan fingerprint density at radius 1 is 1.29 bits per heavy atom. The second-order valence-corrected chi connectivity index (χ2v) is 0.617. The van der Waals surface area contributed by atoms with Crippen LogP contribution in [0.5, 0.6) is 0 Å². The highest BCUT2D eigenvalue weighted by Gasteiger charge is 1.94. The molecule has 0 aliphatic carbocycles. The molecule has 4 N–H and O–H groups in total. The molecule has 0 bridgehead atoms. The van der Waals surface area contributed by atoms with Crippen LogP contribution in [0.3, 0.4) is 0 Å². The number of nitrogens with two attached hydrogens (primary N) is 2. The van der Waals surface area contributed by atoms with E-state index in [1.54, 1.807) is 0 Å². The van der Waals surface area contributed by atoms with Crippen molar-refractivity contribution in [2.24, 2.45) is 11.8 Å². The van der Waals surface area contributed by atoms with E-state index in [2.05, 4.69) is 26.5 Å². The van der Waals surface area contributed by atoms with Crippen LogP contribution in [0.1, 0.15) is 0 Å². The largest absolute Gasteiger partial charge is 0.251 e. The fourth-order valence-electron chi connectivity index (χ4n) is 0.111. The number of hydrogen-bond donors (Lipinski definition) is 2. The minimum absolute atomic E-state index is 0.431. The summed E-state index contributed by atoms with van der Waals surface area (Å²) in [4.78, 5) is 11.8. The van der Waals surface area contributed by atoms with Gasteiger partial charge < -0.3 is 0 Å². The molecule has 6 heteroatoms. The molecule has 0 aromatic rings. The van der Waals surface area contributed by atoms with Crippen molar-refractivity contribution in [2.75, 3.05) is 7.11 Å². The summed E-state index contributed by atoms with van der Waals surface area (Å²) < 4.78 is 0. The molecule has 0 spiro atoms. The maximum absolute atomic E-state index is 4.49. The first-order valence-electron chi connectivity index (χ1n) is 1.43. The first-order valence-corrected chi connectivity index (χ1v) is 1.43. The van der Waals surface area contributed by atoms with Gasteiger partial charge >= 0.3 is 0 Å². The van der Waals surface area contributed by atoms with Crippen molar-refractivity contribution in [3.8, 4) is 0 Å². The van der Waals surface area contributed by atoms with Gasteiger partial charge in [0.25, 0.3) is 0 Å². The summed E-state index contributed by atoms with van der Waals surface area (Å²) in [6, 6.07) is 0. The van der Waals surface area contributed by atoms with E-state index in [9.17, 15) is 0 Å². The summed E-state index contributed by atoms with van der Waals surface area (Å²) in [5, 5.41) is 0.431. The zero-order valence-corrected chi connectivity index (χ0v) is 3.83. The number of rotatable bonds is 3.